The molecule has 0 spiro atoms. The second-order valence-electron chi connectivity index (χ2n) is 7.45. The van der Waals surface area contributed by atoms with Crippen LogP contribution in [0.3, 0.4) is 0 Å². The Bertz CT molecular complexity index is 1360. The van der Waals surface area contributed by atoms with Crippen molar-refractivity contribution in [2.45, 2.75) is 33.1 Å². The molecule has 2 N–H and O–H groups in total. The first-order valence-corrected chi connectivity index (χ1v) is 9.99. The maximum absolute atomic E-state index is 13.7. The second-order valence-corrected chi connectivity index (χ2v) is 7.45. The van der Waals surface area contributed by atoms with Crippen molar-refractivity contribution in [3.8, 4) is 5.82 Å². The number of pyridine rings is 1. The van der Waals surface area contributed by atoms with E-state index < -0.39 is 29.7 Å². The van der Waals surface area contributed by atoms with Crippen molar-refractivity contribution in [3.63, 3.8) is 0 Å². The van der Waals surface area contributed by atoms with E-state index in [2.05, 4.69) is 35.9 Å². The lowest BCUT2D eigenvalue weighted by Gasteiger charge is -2.17. The van der Waals surface area contributed by atoms with Gasteiger partial charge in [0.05, 0.1) is 59.2 Å². The number of nitrogens with zero attached hydrogens (tertiary/aromatic N) is 7. The summed E-state index contributed by atoms with van der Waals surface area (Å²) in [6.07, 6.45) is 0.310. The number of imidazole rings is 1. The van der Waals surface area contributed by atoms with Gasteiger partial charge in [-0.25, -0.2) is 19.3 Å². The molecular weight excluding hydrogens is 455 g/mol. The number of aromatic nitrogens is 7. The monoisotopic (exact) mass is 475 g/mol. The van der Waals surface area contributed by atoms with Crippen LogP contribution in [-0.4, -0.2) is 47.7 Å². The van der Waals surface area contributed by atoms with Gasteiger partial charge in [-0.3, -0.25) is 0 Å². The van der Waals surface area contributed by atoms with Crippen LogP contribution in [0.25, 0.3) is 11.5 Å². The Hall–Kier alpha value is -4.07. The quantitative estimate of drug-likeness (QED) is 0.451. The molecule has 1 atom stereocenters. The Morgan fingerprint density at radius 2 is 1.88 bits per heavy atom. The highest BCUT2D eigenvalue weighted by molar-refractivity contribution is 6.00. The number of hydrogen-bond donors (Lipinski definition) is 2. The minimum Gasteiger partial charge on any atom is -0.377 e. The molecule has 0 radical (unpaired) electrons. The number of ether oxygens (including phenoxy) is 1. The Labute approximate surface area is 191 Å². The summed E-state index contributed by atoms with van der Waals surface area (Å²) in [6.45, 7) is 5.16. The van der Waals surface area contributed by atoms with Gasteiger partial charge in [0.15, 0.2) is 11.5 Å². The number of amides is 2. The molecule has 178 valence electrons. The Morgan fingerprint density at radius 3 is 2.53 bits per heavy atom. The average Bonchev–Trinajstić information content (AvgIpc) is 3.37. The number of halogens is 3. The lowest BCUT2D eigenvalue weighted by molar-refractivity contribution is -0.137. The van der Waals surface area contributed by atoms with Crippen LogP contribution in [-0.2, 0) is 10.9 Å². The Balaban J connectivity index is 1.63. The molecule has 0 saturated carbocycles. The van der Waals surface area contributed by atoms with E-state index >= 15 is 0 Å². The molecule has 0 unspecified atom stereocenters. The number of hydrogen-bond acceptors (Lipinski definition) is 7. The number of urea groups is 1. The predicted octanol–water partition coefficient (Wildman–Crippen LogP) is 3.69. The molecule has 4 aromatic rings. The normalized spacial score (nSPS) is 12.7. The molecule has 0 aliphatic heterocycles. The number of aryl methyl sites for hydroxylation is 2. The Morgan fingerprint density at radius 1 is 1.12 bits per heavy atom. The third kappa shape index (κ3) is 4.52. The molecule has 0 aromatic carbocycles. The highest BCUT2D eigenvalue weighted by Crippen LogP contribution is 2.34. The van der Waals surface area contributed by atoms with Gasteiger partial charge in [-0.1, -0.05) is 0 Å². The fraction of sp³-hybridized carbons (Fsp3) is 0.300. The fourth-order valence-electron chi connectivity index (χ4n) is 3.30. The molecule has 34 heavy (non-hydrogen) atoms. The summed E-state index contributed by atoms with van der Waals surface area (Å²) in [7, 11) is 1.50. The minimum absolute atomic E-state index is 0.176. The molecule has 14 heteroatoms. The van der Waals surface area contributed by atoms with E-state index in [0.717, 1.165) is 17.1 Å². The molecule has 0 aliphatic rings. The number of carbonyl (C=O) groups is 1. The van der Waals surface area contributed by atoms with Gasteiger partial charge in [-0.05, 0) is 26.8 Å². The summed E-state index contributed by atoms with van der Waals surface area (Å²) in [4.78, 5) is 21.7. The summed E-state index contributed by atoms with van der Waals surface area (Å²) in [5, 5.41) is 16.8. The van der Waals surface area contributed by atoms with Gasteiger partial charge in [0.1, 0.15) is 5.56 Å². The van der Waals surface area contributed by atoms with E-state index in [-0.39, 0.29) is 5.69 Å². The third-order valence-electron chi connectivity index (χ3n) is 4.88. The SMILES string of the molecule is CO[C@@H](C)c1c(NC(=O)Nc2cnc(-n3ncc(C)n3)c(C(F)(F)F)c2)cnn2cc(C)nc12. The zero-order chi connectivity index (χ0) is 24.6. The smallest absolute Gasteiger partial charge is 0.377 e. The molecule has 4 rings (SSSR count). The van der Waals surface area contributed by atoms with Crippen LogP contribution in [0.1, 0.15) is 35.5 Å². The second kappa shape index (κ2) is 8.70. The van der Waals surface area contributed by atoms with Gasteiger partial charge in [-0.2, -0.15) is 28.5 Å². The lowest BCUT2D eigenvalue weighted by Crippen LogP contribution is -2.22. The van der Waals surface area contributed by atoms with Crippen molar-refractivity contribution < 1.29 is 22.7 Å². The first kappa shape index (κ1) is 23.1. The molecular formula is C20H20F3N9O2. The predicted molar refractivity (Wildman–Crippen MR) is 115 cm³/mol. The van der Waals surface area contributed by atoms with Crippen LogP contribution in [0.2, 0.25) is 0 Å². The third-order valence-corrected chi connectivity index (χ3v) is 4.88. The Kier molecular flexibility index (Phi) is 5.91. The maximum atomic E-state index is 13.7. The van der Waals surface area contributed by atoms with Crippen LogP contribution in [0.4, 0.5) is 29.3 Å². The molecule has 4 aromatic heterocycles. The molecule has 11 nitrogen and oxygen atoms in total. The zero-order valence-electron chi connectivity index (χ0n) is 18.5. The van der Waals surface area contributed by atoms with Crippen molar-refractivity contribution >= 4 is 23.1 Å². The van der Waals surface area contributed by atoms with Crippen LogP contribution in [0.5, 0.6) is 0 Å². The number of carbonyl (C=O) groups excluding carboxylic acids is 1. The number of fused-ring (bicyclic) bond motifs is 1. The van der Waals surface area contributed by atoms with E-state index in [1.807, 2.05) is 0 Å². The van der Waals surface area contributed by atoms with Crippen molar-refractivity contribution in [1.82, 2.24) is 34.6 Å². The largest absolute Gasteiger partial charge is 0.420 e. The average molecular weight is 475 g/mol. The number of nitrogens with one attached hydrogen (secondary N) is 2. The highest BCUT2D eigenvalue weighted by atomic mass is 19.4. The van der Waals surface area contributed by atoms with Crippen molar-refractivity contribution in [3.05, 3.63) is 53.4 Å². The van der Waals surface area contributed by atoms with E-state index in [0.29, 0.717) is 28.3 Å². The molecule has 0 aliphatic carbocycles. The molecule has 4 heterocycles. The van der Waals surface area contributed by atoms with Gasteiger partial charge >= 0.3 is 12.2 Å². The number of alkyl halides is 3. The van der Waals surface area contributed by atoms with Gasteiger partial charge in [0, 0.05) is 7.11 Å². The van der Waals surface area contributed by atoms with Crippen LogP contribution >= 0.6 is 0 Å². The summed E-state index contributed by atoms with van der Waals surface area (Å²) < 4.78 is 48.0. The molecule has 0 saturated heterocycles. The van der Waals surface area contributed by atoms with Crippen molar-refractivity contribution in [2.24, 2.45) is 0 Å². The van der Waals surface area contributed by atoms with Crippen LogP contribution in [0.15, 0.2) is 30.9 Å². The van der Waals surface area contributed by atoms with Gasteiger partial charge in [0.2, 0.25) is 0 Å². The summed E-state index contributed by atoms with van der Waals surface area (Å²) in [5.41, 5.74) is 1.20. The summed E-state index contributed by atoms with van der Waals surface area (Å²) in [5.74, 6) is -0.507. The van der Waals surface area contributed by atoms with Crippen LogP contribution in [0, 0.1) is 13.8 Å². The van der Waals surface area contributed by atoms with Gasteiger partial charge in [0.25, 0.3) is 0 Å². The first-order valence-electron chi connectivity index (χ1n) is 9.99. The number of rotatable bonds is 5. The molecule has 2 amide bonds. The van der Waals surface area contributed by atoms with Gasteiger partial charge in [-0.15, -0.1) is 4.80 Å². The van der Waals surface area contributed by atoms with Gasteiger partial charge < -0.3 is 15.4 Å². The van der Waals surface area contributed by atoms with E-state index in [4.69, 9.17) is 4.74 Å². The number of methoxy groups -OCH3 is 1. The summed E-state index contributed by atoms with van der Waals surface area (Å²) >= 11 is 0. The van der Waals surface area contributed by atoms with E-state index in [1.165, 1.54) is 19.5 Å². The minimum atomic E-state index is -4.76. The summed E-state index contributed by atoms with van der Waals surface area (Å²) in [6, 6.07) is -0.0340. The highest BCUT2D eigenvalue weighted by Gasteiger charge is 2.36. The van der Waals surface area contributed by atoms with E-state index in [9.17, 15) is 18.0 Å². The first-order chi connectivity index (χ1) is 16.1. The molecule has 0 fully saturated rings. The fourth-order valence-corrected chi connectivity index (χ4v) is 3.30. The standard InChI is InChI=1S/C20H20F3N9O2/c1-10-6-26-32(30-10)17-14(20(21,22)23)5-13(7-24-17)28-19(33)29-15-8-25-31-9-11(2)27-18(31)16(15)12(3)34-4/h5-9,12H,1-4H3,(H2,28,29,33)/t12-/m0/s1. The molecule has 0 bridgehead atoms. The van der Waals surface area contributed by atoms with Crippen LogP contribution < -0.4 is 10.6 Å². The van der Waals surface area contributed by atoms with Crippen molar-refractivity contribution in [2.75, 3.05) is 17.7 Å². The van der Waals surface area contributed by atoms with Crippen molar-refractivity contribution in [1.29, 1.82) is 0 Å². The van der Waals surface area contributed by atoms with E-state index in [1.54, 1.807) is 31.5 Å². The topological polar surface area (TPSA) is 124 Å². The maximum Gasteiger partial charge on any atom is 0.420 e. The number of anilines is 2. The zero-order valence-corrected chi connectivity index (χ0v) is 18.5. The lowest BCUT2D eigenvalue weighted by atomic mass is 10.1.